The first kappa shape index (κ1) is 28.0. The molecule has 3 aromatic rings. The molecule has 0 aliphatic carbocycles. The van der Waals surface area contributed by atoms with Crippen molar-refractivity contribution in [3.05, 3.63) is 95.6 Å². The maximum absolute atomic E-state index is 12.6. The summed E-state index contributed by atoms with van der Waals surface area (Å²) in [6.45, 7) is 3.73. The van der Waals surface area contributed by atoms with E-state index < -0.39 is 35.8 Å². The molecule has 2 amide bonds. The third kappa shape index (κ3) is 8.22. The van der Waals surface area contributed by atoms with Crippen LogP contribution < -0.4 is 10.6 Å². The van der Waals surface area contributed by atoms with E-state index in [-0.39, 0.29) is 37.4 Å². The lowest BCUT2D eigenvalue weighted by atomic mass is 10.0. The molecule has 3 rings (SSSR count). The van der Waals surface area contributed by atoms with Gasteiger partial charge >= 0.3 is 11.9 Å². The number of benzene rings is 1. The predicted octanol–water partition coefficient (Wildman–Crippen LogP) is 2.28. The van der Waals surface area contributed by atoms with E-state index in [9.17, 15) is 19.2 Å². The average Bonchev–Trinajstić information content (AvgIpc) is 2.94. The Hall–Kier alpha value is -4.60. The van der Waals surface area contributed by atoms with Crippen LogP contribution in [0.4, 0.5) is 0 Å². The summed E-state index contributed by atoms with van der Waals surface area (Å²) in [5.74, 6) is -2.08. The Kier molecular flexibility index (Phi) is 10.5. The molecular formula is C28H30N4O6. The SMILES string of the molecule is CCOC(=O)[C@@H](Cc1ccc(C[C@@H](NC(=O)c2ccccn2)C(=O)OCC)cc1)NC(=O)c1ccccn1. The molecule has 0 aliphatic heterocycles. The summed E-state index contributed by atoms with van der Waals surface area (Å²) in [6, 6.07) is 15.2. The van der Waals surface area contributed by atoms with Crippen molar-refractivity contribution >= 4 is 23.8 Å². The Morgan fingerprint density at radius 2 is 1.05 bits per heavy atom. The molecule has 0 fully saturated rings. The monoisotopic (exact) mass is 518 g/mol. The zero-order chi connectivity index (χ0) is 27.3. The zero-order valence-corrected chi connectivity index (χ0v) is 21.3. The number of esters is 2. The smallest absolute Gasteiger partial charge is 0.328 e. The average molecular weight is 519 g/mol. The fraction of sp³-hybridized carbons (Fsp3) is 0.286. The van der Waals surface area contributed by atoms with Gasteiger partial charge in [-0.2, -0.15) is 0 Å². The zero-order valence-electron chi connectivity index (χ0n) is 21.3. The van der Waals surface area contributed by atoms with Crippen molar-refractivity contribution in [2.24, 2.45) is 0 Å². The maximum Gasteiger partial charge on any atom is 0.328 e. The van der Waals surface area contributed by atoms with Crippen molar-refractivity contribution in [2.75, 3.05) is 13.2 Å². The number of nitrogens with zero attached hydrogens (tertiary/aromatic N) is 2. The molecule has 1 aromatic carbocycles. The van der Waals surface area contributed by atoms with Crippen LogP contribution in [0, 0.1) is 0 Å². The molecule has 2 heterocycles. The fourth-order valence-electron chi connectivity index (χ4n) is 3.61. The molecule has 0 bridgehead atoms. The van der Waals surface area contributed by atoms with E-state index in [2.05, 4.69) is 20.6 Å². The molecule has 10 heteroatoms. The molecule has 2 aromatic heterocycles. The molecule has 0 saturated heterocycles. The molecular weight excluding hydrogens is 488 g/mol. The van der Waals surface area contributed by atoms with Crippen molar-refractivity contribution in [1.29, 1.82) is 0 Å². The van der Waals surface area contributed by atoms with Gasteiger partial charge in [0.15, 0.2) is 0 Å². The highest BCUT2D eigenvalue weighted by atomic mass is 16.5. The third-order valence-electron chi connectivity index (χ3n) is 5.45. The lowest BCUT2D eigenvalue weighted by Gasteiger charge is -2.19. The van der Waals surface area contributed by atoms with Crippen LogP contribution in [0.3, 0.4) is 0 Å². The lowest BCUT2D eigenvalue weighted by Crippen LogP contribution is -2.44. The van der Waals surface area contributed by atoms with Crippen molar-refractivity contribution < 1.29 is 28.7 Å². The second kappa shape index (κ2) is 14.2. The summed E-state index contributed by atoms with van der Waals surface area (Å²) in [4.78, 5) is 58.2. The van der Waals surface area contributed by atoms with Crippen molar-refractivity contribution in [3.63, 3.8) is 0 Å². The highest BCUT2D eigenvalue weighted by Gasteiger charge is 2.25. The van der Waals surface area contributed by atoms with Crippen LogP contribution >= 0.6 is 0 Å². The minimum absolute atomic E-state index is 0.174. The third-order valence-corrected chi connectivity index (χ3v) is 5.45. The van der Waals surface area contributed by atoms with Gasteiger partial charge in [-0.3, -0.25) is 19.6 Å². The van der Waals surface area contributed by atoms with E-state index in [4.69, 9.17) is 9.47 Å². The molecule has 0 spiro atoms. The molecule has 0 saturated carbocycles. The summed E-state index contributed by atoms with van der Waals surface area (Å²) in [7, 11) is 0. The number of hydrogen-bond acceptors (Lipinski definition) is 8. The van der Waals surface area contributed by atoms with Crippen LogP contribution in [0.2, 0.25) is 0 Å². The summed E-state index contributed by atoms with van der Waals surface area (Å²) in [5, 5.41) is 5.38. The number of ether oxygens (including phenoxy) is 2. The van der Waals surface area contributed by atoms with Crippen LogP contribution in [-0.2, 0) is 31.9 Å². The van der Waals surface area contributed by atoms with E-state index >= 15 is 0 Å². The fourth-order valence-corrected chi connectivity index (χ4v) is 3.61. The standard InChI is InChI=1S/C28H30N4O6/c1-3-37-27(35)23(31-25(33)21-9-5-7-15-29-21)17-19-11-13-20(14-12-19)18-24(28(36)38-4-2)32-26(34)22-10-6-8-16-30-22/h5-16,23-24H,3-4,17-18H2,1-2H3,(H,31,33)(H,32,34)/t23-,24-/m1/s1. The summed E-state index contributed by atoms with van der Waals surface area (Å²) in [6.07, 6.45) is 3.37. The Labute approximate surface area is 220 Å². The first-order valence-electron chi connectivity index (χ1n) is 12.3. The van der Waals surface area contributed by atoms with Gasteiger partial charge in [0.25, 0.3) is 11.8 Å². The van der Waals surface area contributed by atoms with E-state index in [1.54, 1.807) is 74.5 Å². The Morgan fingerprint density at radius 1 is 0.658 bits per heavy atom. The normalized spacial score (nSPS) is 12.1. The topological polar surface area (TPSA) is 137 Å². The van der Waals surface area contributed by atoms with Crippen LogP contribution in [0.15, 0.2) is 73.1 Å². The highest BCUT2D eigenvalue weighted by molar-refractivity contribution is 5.95. The number of aromatic nitrogens is 2. The van der Waals surface area contributed by atoms with E-state index in [1.165, 1.54) is 12.4 Å². The largest absolute Gasteiger partial charge is 0.464 e. The van der Waals surface area contributed by atoms with Gasteiger partial charge < -0.3 is 20.1 Å². The number of carbonyl (C=O) groups is 4. The molecule has 198 valence electrons. The highest BCUT2D eigenvalue weighted by Crippen LogP contribution is 2.12. The number of amides is 2. The van der Waals surface area contributed by atoms with Crippen LogP contribution in [0.5, 0.6) is 0 Å². The van der Waals surface area contributed by atoms with Crippen molar-refractivity contribution in [3.8, 4) is 0 Å². The second-order valence-electron chi connectivity index (χ2n) is 8.21. The number of hydrogen-bond donors (Lipinski definition) is 2. The summed E-state index contributed by atoms with van der Waals surface area (Å²) >= 11 is 0. The van der Waals surface area contributed by atoms with Gasteiger partial charge in [0.1, 0.15) is 23.5 Å². The van der Waals surface area contributed by atoms with Gasteiger partial charge in [0.2, 0.25) is 0 Å². The molecule has 0 aliphatic rings. The maximum atomic E-state index is 12.6. The molecule has 10 nitrogen and oxygen atoms in total. The van der Waals surface area contributed by atoms with Crippen LogP contribution in [0.25, 0.3) is 0 Å². The number of pyridine rings is 2. The van der Waals surface area contributed by atoms with Gasteiger partial charge in [0, 0.05) is 25.2 Å². The number of nitrogens with one attached hydrogen (secondary N) is 2. The van der Waals surface area contributed by atoms with E-state index in [0.29, 0.717) is 0 Å². The first-order chi connectivity index (χ1) is 18.4. The Balaban J connectivity index is 1.70. The minimum atomic E-state index is -0.916. The van der Waals surface area contributed by atoms with Crippen LogP contribution in [0.1, 0.15) is 46.0 Å². The van der Waals surface area contributed by atoms with E-state index in [0.717, 1.165) is 11.1 Å². The van der Waals surface area contributed by atoms with Crippen LogP contribution in [-0.4, -0.2) is 59.0 Å². The lowest BCUT2D eigenvalue weighted by molar-refractivity contribution is -0.146. The molecule has 38 heavy (non-hydrogen) atoms. The molecule has 0 radical (unpaired) electrons. The second-order valence-corrected chi connectivity index (χ2v) is 8.21. The number of rotatable bonds is 12. The van der Waals surface area contributed by atoms with Gasteiger partial charge in [-0.25, -0.2) is 9.59 Å². The van der Waals surface area contributed by atoms with Crippen molar-refractivity contribution in [1.82, 2.24) is 20.6 Å². The van der Waals surface area contributed by atoms with Crippen molar-refractivity contribution in [2.45, 2.75) is 38.8 Å². The minimum Gasteiger partial charge on any atom is -0.464 e. The first-order valence-corrected chi connectivity index (χ1v) is 12.3. The quantitative estimate of drug-likeness (QED) is 0.349. The van der Waals surface area contributed by atoms with E-state index in [1.807, 2.05) is 0 Å². The predicted molar refractivity (Wildman–Crippen MR) is 138 cm³/mol. The van der Waals surface area contributed by atoms with Gasteiger partial charge in [-0.1, -0.05) is 36.4 Å². The molecule has 2 N–H and O–H groups in total. The number of carbonyl (C=O) groups excluding carboxylic acids is 4. The Morgan fingerprint density at radius 3 is 1.37 bits per heavy atom. The summed E-state index contributed by atoms with van der Waals surface area (Å²) < 4.78 is 10.3. The molecule has 2 atom stereocenters. The Bertz CT molecular complexity index is 1120. The van der Waals surface area contributed by atoms with Gasteiger partial charge in [0.05, 0.1) is 13.2 Å². The summed E-state index contributed by atoms with van der Waals surface area (Å²) in [5.41, 5.74) is 1.90. The van der Waals surface area contributed by atoms with Gasteiger partial charge in [-0.15, -0.1) is 0 Å². The molecule has 0 unspecified atom stereocenters. The van der Waals surface area contributed by atoms with Gasteiger partial charge in [-0.05, 0) is 49.2 Å².